The highest BCUT2D eigenvalue weighted by Gasteiger charge is 2.64. The zero-order chi connectivity index (χ0) is 10.9. The van der Waals surface area contributed by atoms with Crippen LogP contribution in [0.1, 0.15) is 19.3 Å². The van der Waals surface area contributed by atoms with Gasteiger partial charge in [0.25, 0.3) is 10.1 Å². The summed E-state index contributed by atoms with van der Waals surface area (Å²) in [7, 11) is -3.31. The highest BCUT2D eigenvalue weighted by Crippen LogP contribution is 2.55. The number of hydrogen-bond acceptors (Lipinski definition) is 5. The van der Waals surface area contributed by atoms with E-state index in [1.807, 2.05) is 0 Å². The maximum atomic E-state index is 11.7. The van der Waals surface area contributed by atoms with Crippen molar-refractivity contribution < 1.29 is 22.1 Å². The summed E-state index contributed by atoms with van der Waals surface area (Å²) >= 11 is 0. The second-order valence-corrected chi connectivity index (χ2v) is 6.96. The van der Waals surface area contributed by atoms with Gasteiger partial charge in [0, 0.05) is 12.3 Å². The van der Waals surface area contributed by atoms with Crippen molar-refractivity contribution in [2.75, 3.05) is 6.61 Å². The van der Waals surface area contributed by atoms with Crippen LogP contribution >= 0.6 is 0 Å². The molecule has 0 aromatic rings. The van der Waals surface area contributed by atoms with Gasteiger partial charge in [-0.05, 0) is 18.8 Å². The van der Waals surface area contributed by atoms with Crippen LogP contribution in [0.5, 0.6) is 0 Å². The van der Waals surface area contributed by atoms with E-state index in [1.165, 1.54) is 0 Å². The van der Waals surface area contributed by atoms with Gasteiger partial charge >= 0.3 is 0 Å². The Hall–Kier alpha value is -0.170. The predicted octanol–water partition coefficient (Wildman–Crippen LogP) is 0.255. The molecule has 0 radical (unpaired) electrons. The molecule has 90 valence electrons. The first-order chi connectivity index (χ1) is 7.65. The molecule has 0 amide bonds. The van der Waals surface area contributed by atoms with E-state index in [2.05, 4.69) is 0 Å². The summed E-state index contributed by atoms with van der Waals surface area (Å²) < 4.78 is 39.6. The van der Waals surface area contributed by atoms with Crippen LogP contribution in [0.2, 0.25) is 0 Å². The lowest BCUT2D eigenvalue weighted by Crippen LogP contribution is -2.42. The van der Waals surface area contributed by atoms with Crippen LogP contribution in [-0.4, -0.2) is 38.8 Å². The molecule has 0 aromatic carbocycles. The smallest absolute Gasteiger partial charge is 0.270 e. The highest BCUT2D eigenvalue weighted by molar-refractivity contribution is 7.87. The minimum atomic E-state index is -3.31. The van der Waals surface area contributed by atoms with Gasteiger partial charge in [-0.1, -0.05) is 0 Å². The van der Waals surface area contributed by atoms with E-state index < -0.39 is 10.1 Å². The molecular weight excluding hydrogens is 232 g/mol. The molecule has 2 saturated carbocycles. The van der Waals surface area contributed by atoms with Crippen molar-refractivity contribution in [3.8, 4) is 0 Å². The molecule has 6 heteroatoms. The van der Waals surface area contributed by atoms with Crippen molar-refractivity contribution in [2.45, 2.75) is 43.0 Å². The van der Waals surface area contributed by atoms with Gasteiger partial charge in [0.2, 0.25) is 0 Å². The van der Waals surface area contributed by atoms with E-state index in [9.17, 15) is 8.42 Å². The van der Waals surface area contributed by atoms with Gasteiger partial charge in [-0.25, -0.2) is 0 Å². The van der Waals surface area contributed by atoms with Crippen molar-refractivity contribution in [3.05, 3.63) is 0 Å². The molecule has 5 nitrogen and oxygen atoms in total. The fourth-order valence-corrected chi connectivity index (χ4v) is 5.45. The Morgan fingerprint density at radius 1 is 1.25 bits per heavy atom. The van der Waals surface area contributed by atoms with Gasteiger partial charge in [-0.3, -0.25) is 4.18 Å². The third-order valence-corrected chi connectivity index (χ3v) is 6.15. The number of fused-ring (bicyclic) bond motifs is 1. The lowest BCUT2D eigenvalue weighted by molar-refractivity contribution is -0.251. The molecule has 0 spiro atoms. The molecule has 6 unspecified atom stereocenters. The highest BCUT2D eigenvalue weighted by atomic mass is 32.2. The third kappa shape index (κ3) is 1.13. The van der Waals surface area contributed by atoms with E-state index in [0.717, 1.165) is 19.4 Å². The molecule has 4 rings (SSSR count). The van der Waals surface area contributed by atoms with Crippen LogP contribution in [0, 0.1) is 11.8 Å². The molecule has 0 N–H and O–H groups in total. The Morgan fingerprint density at radius 3 is 2.75 bits per heavy atom. The molecule has 2 aliphatic heterocycles. The molecular formula is C10H14O5S. The third-order valence-electron chi connectivity index (χ3n) is 4.38. The maximum Gasteiger partial charge on any atom is 0.270 e. The zero-order valence-electron chi connectivity index (χ0n) is 8.74. The quantitative estimate of drug-likeness (QED) is 0.654. The molecule has 2 bridgehead atoms. The van der Waals surface area contributed by atoms with Crippen LogP contribution in [0.3, 0.4) is 0 Å². The second kappa shape index (κ2) is 2.98. The van der Waals surface area contributed by atoms with Gasteiger partial charge in [-0.15, -0.1) is 0 Å². The van der Waals surface area contributed by atoms with E-state index in [1.54, 1.807) is 0 Å². The fraction of sp³-hybridized carbons (Fsp3) is 1.00. The number of rotatable bonds is 2. The lowest BCUT2D eigenvalue weighted by atomic mass is 9.94. The summed E-state index contributed by atoms with van der Waals surface area (Å²) in [6, 6.07) is 0. The minimum Gasteiger partial charge on any atom is -0.352 e. The SMILES string of the molecule is O=S1(=O)OC2C3CC(CC31)C2OC1CCO1. The molecule has 4 fully saturated rings. The van der Waals surface area contributed by atoms with Crippen molar-refractivity contribution in [1.29, 1.82) is 0 Å². The van der Waals surface area contributed by atoms with Gasteiger partial charge in [-0.2, -0.15) is 8.42 Å². The van der Waals surface area contributed by atoms with Crippen molar-refractivity contribution >= 4 is 10.1 Å². The standard InChI is InChI=1S/C10H14O5S/c11-16(12)7-4-5-3-6(7)10(15-16)9(5)14-8-1-2-13-8/h5-10H,1-4H2. The topological polar surface area (TPSA) is 61.8 Å². The Kier molecular flexibility index (Phi) is 1.83. The van der Waals surface area contributed by atoms with E-state index in [0.29, 0.717) is 12.3 Å². The molecule has 6 atom stereocenters. The lowest BCUT2D eigenvalue weighted by Gasteiger charge is -2.33. The first-order valence-electron chi connectivity index (χ1n) is 5.84. The van der Waals surface area contributed by atoms with Crippen molar-refractivity contribution in [2.24, 2.45) is 11.8 Å². The number of ether oxygens (including phenoxy) is 2. The summed E-state index contributed by atoms with van der Waals surface area (Å²) in [6.45, 7) is 0.748. The largest absolute Gasteiger partial charge is 0.352 e. The zero-order valence-corrected chi connectivity index (χ0v) is 9.56. The van der Waals surface area contributed by atoms with Crippen molar-refractivity contribution in [3.63, 3.8) is 0 Å². The normalized spacial score (nSPS) is 56.5. The summed E-state index contributed by atoms with van der Waals surface area (Å²) in [6.07, 6.45) is 2.13. The Bertz CT molecular complexity index is 415. The maximum absolute atomic E-state index is 11.7. The predicted molar refractivity (Wildman–Crippen MR) is 53.0 cm³/mol. The summed E-state index contributed by atoms with van der Waals surface area (Å²) in [5.41, 5.74) is 0. The molecule has 16 heavy (non-hydrogen) atoms. The van der Waals surface area contributed by atoms with Gasteiger partial charge in [0.1, 0.15) is 6.10 Å². The Labute approximate surface area is 94.2 Å². The average molecular weight is 246 g/mol. The van der Waals surface area contributed by atoms with Crippen LogP contribution in [0.15, 0.2) is 0 Å². The first kappa shape index (κ1) is 9.82. The Morgan fingerprint density at radius 2 is 2.06 bits per heavy atom. The van der Waals surface area contributed by atoms with Gasteiger partial charge in [0.05, 0.1) is 18.0 Å². The molecule has 2 saturated heterocycles. The Balaban J connectivity index is 1.59. The fourth-order valence-electron chi connectivity index (χ4n) is 3.57. The van der Waals surface area contributed by atoms with Crippen LogP contribution < -0.4 is 0 Å². The summed E-state index contributed by atoms with van der Waals surface area (Å²) in [4.78, 5) is 0. The van der Waals surface area contributed by atoms with Crippen LogP contribution in [0.4, 0.5) is 0 Å². The van der Waals surface area contributed by atoms with E-state index in [-0.39, 0.29) is 29.7 Å². The monoisotopic (exact) mass is 246 g/mol. The van der Waals surface area contributed by atoms with E-state index >= 15 is 0 Å². The molecule has 2 aliphatic carbocycles. The molecule has 0 aromatic heterocycles. The van der Waals surface area contributed by atoms with Crippen LogP contribution in [0.25, 0.3) is 0 Å². The summed E-state index contributed by atoms with van der Waals surface area (Å²) in [5.74, 6) is 0.515. The number of hydrogen-bond donors (Lipinski definition) is 0. The molecule has 4 aliphatic rings. The second-order valence-electron chi connectivity index (χ2n) is 5.18. The van der Waals surface area contributed by atoms with Crippen molar-refractivity contribution in [1.82, 2.24) is 0 Å². The van der Waals surface area contributed by atoms with Crippen LogP contribution in [-0.2, 0) is 23.8 Å². The summed E-state index contributed by atoms with van der Waals surface area (Å²) in [5, 5.41) is -0.260. The molecule has 2 heterocycles. The first-order valence-corrected chi connectivity index (χ1v) is 7.31. The minimum absolute atomic E-state index is 0.0659. The average Bonchev–Trinajstić information content (AvgIpc) is 2.72. The van der Waals surface area contributed by atoms with E-state index in [4.69, 9.17) is 13.7 Å². The van der Waals surface area contributed by atoms with Gasteiger partial charge < -0.3 is 9.47 Å². The van der Waals surface area contributed by atoms with Gasteiger partial charge in [0.15, 0.2) is 6.29 Å².